The molecule has 1 fully saturated rings. The minimum atomic E-state index is -0.207. The van der Waals surface area contributed by atoms with Crippen LogP contribution in [0.1, 0.15) is 23.3 Å². The molecular weight excluding hydrogens is 298 g/mol. The summed E-state index contributed by atoms with van der Waals surface area (Å²) in [5.74, 6) is 0.805. The minimum absolute atomic E-state index is 0.171. The molecule has 3 rings (SSSR count). The highest BCUT2D eigenvalue weighted by Crippen LogP contribution is 2.20. The van der Waals surface area contributed by atoms with Crippen LogP contribution in [0, 0.1) is 0 Å². The first kappa shape index (κ1) is 15.8. The van der Waals surface area contributed by atoms with E-state index >= 15 is 0 Å². The monoisotopic (exact) mass is 319 g/mol. The fourth-order valence-corrected chi connectivity index (χ4v) is 2.70. The molecule has 0 aromatic carbocycles. The van der Waals surface area contributed by atoms with Crippen LogP contribution in [0.15, 0.2) is 33.4 Å². The number of ether oxygens (including phenoxy) is 1. The zero-order valence-electron chi connectivity index (χ0n) is 13.2. The van der Waals surface area contributed by atoms with Gasteiger partial charge in [0.05, 0.1) is 12.9 Å². The number of methoxy groups -OCH3 is 1. The predicted molar refractivity (Wildman–Crippen MR) is 83.0 cm³/mol. The van der Waals surface area contributed by atoms with Crippen molar-refractivity contribution < 1.29 is 18.5 Å². The van der Waals surface area contributed by atoms with Gasteiger partial charge in [0.15, 0.2) is 11.5 Å². The Hall–Kier alpha value is -2.12. The van der Waals surface area contributed by atoms with E-state index in [1.165, 1.54) is 0 Å². The van der Waals surface area contributed by atoms with Crippen molar-refractivity contribution in [2.45, 2.75) is 18.9 Å². The van der Waals surface area contributed by atoms with E-state index in [2.05, 4.69) is 15.4 Å². The van der Waals surface area contributed by atoms with Crippen LogP contribution in [-0.2, 0) is 4.74 Å². The molecule has 1 N–H and O–H groups in total. The smallest absolute Gasteiger partial charge is 0.273 e. The first-order valence-electron chi connectivity index (χ1n) is 7.79. The lowest BCUT2D eigenvalue weighted by molar-refractivity contribution is 0.0884. The molecule has 1 aliphatic heterocycles. The number of hydrogen-bond acceptors (Lipinski definition) is 6. The van der Waals surface area contributed by atoms with Gasteiger partial charge in [-0.05, 0) is 25.0 Å². The molecule has 7 nitrogen and oxygen atoms in total. The van der Waals surface area contributed by atoms with E-state index in [0.717, 1.165) is 39.1 Å². The quantitative estimate of drug-likeness (QED) is 0.874. The SMILES string of the molecule is COCCN1CCC(NC(=O)c2cc(-c3ccco3)on2)CC1. The Kier molecular flexibility index (Phi) is 5.09. The Balaban J connectivity index is 1.50. The Morgan fingerprint density at radius 2 is 2.26 bits per heavy atom. The van der Waals surface area contributed by atoms with Gasteiger partial charge in [-0.3, -0.25) is 4.79 Å². The van der Waals surface area contributed by atoms with Crippen molar-refractivity contribution in [3.8, 4) is 11.5 Å². The minimum Gasteiger partial charge on any atom is -0.461 e. The maximum atomic E-state index is 12.3. The molecule has 0 unspecified atom stereocenters. The number of furan rings is 1. The van der Waals surface area contributed by atoms with Gasteiger partial charge in [-0.15, -0.1) is 0 Å². The largest absolute Gasteiger partial charge is 0.461 e. The predicted octanol–water partition coefficient (Wildman–Crippen LogP) is 1.78. The number of carbonyl (C=O) groups is 1. The zero-order valence-corrected chi connectivity index (χ0v) is 13.2. The summed E-state index contributed by atoms with van der Waals surface area (Å²) in [6, 6.07) is 5.29. The summed E-state index contributed by atoms with van der Waals surface area (Å²) in [7, 11) is 1.71. The Bertz CT molecular complexity index is 615. The summed E-state index contributed by atoms with van der Waals surface area (Å²) >= 11 is 0. The third kappa shape index (κ3) is 4.00. The summed E-state index contributed by atoms with van der Waals surface area (Å²) in [4.78, 5) is 14.6. The van der Waals surface area contributed by atoms with Crippen molar-refractivity contribution in [1.29, 1.82) is 0 Å². The molecule has 124 valence electrons. The van der Waals surface area contributed by atoms with Gasteiger partial charge in [0.25, 0.3) is 5.91 Å². The topological polar surface area (TPSA) is 80.7 Å². The molecule has 0 bridgehead atoms. The Labute approximate surface area is 134 Å². The van der Waals surface area contributed by atoms with Gasteiger partial charge >= 0.3 is 0 Å². The van der Waals surface area contributed by atoms with Gasteiger partial charge in [-0.25, -0.2) is 0 Å². The lowest BCUT2D eigenvalue weighted by Crippen LogP contribution is -2.45. The first-order valence-corrected chi connectivity index (χ1v) is 7.79. The van der Waals surface area contributed by atoms with Gasteiger partial charge < -0.3 is 23.9 Å². The third-order valence-electron chi connectivity index (χ3n) is 4.04. The highest BCUT2D eigenvalue weighted by atomic mass is 16.5. The van der Waals surface area contributed by atoms with Crippen molar-refractivity contribution >= 4 is 5.91 Å². The lowest BCUT2D eigenvalue weighted by atomic mass is 10.0. The summed E-state index contributed by atoms with van der Waals surface area (Å²) in [5, 5.41) is 6.84. The fraction of sp³-hybridized carbons (Fsp3) is 0.500. The molecule has 1 saturated heterocycles. The standard InChI is InChI=1S/C16H21N3O4/c1-21-10-8-19-6-4-12(5-7-19)17-16(20)13-11-15(23-18-13)14-3-2-9-22-14/h2-3,9,11-12H,4-8,10H2,1H3,(H,17,20). The van der Waals surface area contributed by atoms with E-state index in [4.69, 9.17) is 13.7 Å². The van der Waals surface area contributed by atoms with Crippen LogP contribution in [0.4, 0.5) is 0 Å². The number of aromatic nitrogens is 1. The second kappa shape index (κ2) is 7.43. The fourth-order valence-electron chi connectivity index (χ4n) is 2.70. The Morgan fingerprint density at radius 1 is 1.43 bits per heavy atom. The highest BCUT2D eigenvalue weighted by molar-refractivity contribution is 5.93. The van der Waals surface area contributed by atoms with Gasteiger partial charge in [0.2, 0.25) is 5.76 Å². The van der Waals surface area contributed by atoms with Crippen molar-refractivity contribution in [3.05, 3.63) is 30.2 Å². The molecule has 0 radical (unpaired) electrons. The van der Waals surface area contributed by atoms with E-state index in [-0.39, 0.29) is 17.6 Å². The van der Waals surface area contributed by atoms with Crippen molar-refractivity contribution in [1.82, 2.24) is 15.4 Å². The molecule has 1 aliphatic rings. The van der Waals surface area contributed by atoms with E-state index in [9.17, 15) is 4.79 Å². The number of piperidine rings is 1. The molecule has 3 heterocycles. The molecule has 2 aromatic rings. The van der Waals surface area contributed by atoms with Crippen LogP contribution in [0.2, 0.25) is 0 Å². The highest BCUT2D eigenvalue weighted by Gasteiger charge is 2.22. The molecule has 7 heteroatoms. The number of hydrogen-bond donors (Lipinski definition) is 1. The Morgan fingerprint density at radius 3 is 2.96 bits per heavy atom. The average Bonchev–Trinajstić information content (AvgIpc) is 3.25. The van der Waals surface area contributed by atoms with Crippen LogP contribution in [0.3, 0.4) is 0 Å². The first-order chi connectivity index (χ1) is 11.3. The van der Waals surface area contributed by atoms with E-state index in [0.29, 0.717) is 11.5 Å². The van der Waals surface area contributed by atoms with Crippen LogP contribution in [0.5, 0.6) is 0 Å². The second-order valence-corrected chi connectivity index (χ2v) is 5.64. The maximum Gasteiger partial charge on any atom is 0.273 e. The molecule has 2 aromatic heterocycles. The summed E-state index contributed by atoms with van der Waals surface area (Å²) in [5.41, 5.74) is 0.276. The second-order valence-electron chi connectivity index (χ2n) is 5.64. The maximum absolute atomic E-state index is 12.3. The number of carbonyl (C=O) groups excluding carboxylic acids is 1. The number of nitrogens with one attached hydrogen (secondary N) is 1. The zero-order chi connectivity index (χ0) is 16.1. The van der Waals surface area contributed by atoms with Crippen molar-refractivity contribution in [3.63, 3.8) is 0 Å². The lowest BCUT2D eigenvalue weighted by Gasteiger charge is -2.31. The molecule has 23 heavy (non-hydrogen) atoms. The van der Waals surface area contributed by atoms with Gasteiger partial charge in [-0.2, -0.15) is 0 Å². The number of likely N-dealkylation sites (tertiary alicyclic amines) is 1. The average molecular weight is 319 g/mol. The number of amides is 1. The van der Waals surface area contributed by atoms with Gasteiger partial charge in [0.1, 0.15) is 0 Å². The van der Waals surface area contributed by atoms with Crippen molar-refractivity contribution in [2.24, 2.45) is 0 Å². The van der Waals surface area contributed by atoms with Crippen LogP contribution in [-0.4, -0.2) is 55.4 Å². The number of rotatable bonds is 6. The molecule has 1 amide bonds. The van der Waals surface area contributed by atoms with E-state index in [1.54, 1.807) is 31.6 Å². The van der Waals surface area contributed by atoms with Crippen LogP contribution in [0.25, 0.3) is 11.5 Å². The van der Waals surface area contributed by atoms with Gasteiger partial charge in [-0.1, -0.05) is 5.16 Å². The van der Waals surface area contributed by atoms with E-state index in [1.807, 2.05) is 0 Å². The number of nitrogens with zero attached hydrogens (tertiary/aromatic N) is 2. The third-order valence-corrected chi connectivity index (χ3v) is 4.04. The summed E-state index contributed by atoms with van der Waals surface area (Å²) in [6.07, 6.45) is 3.41. The van der Waals surface area contributed by atoms with Crippen molar-refractivity contribution in [2.75, 3.05) is 33.4 Å². The molecule has 0 atom stereocenters. The molecule has 0 aliphatic carbocycles. The van der Waals surface area contributed by atoms with Gasteiger partial charge in [0, 0.05) is 38.9 Å². The van der Waals surface area contributed by atoms with E-state index < -0.39 is 0 Å². The van der Waals surface area contributed by atoms with Crippen LogP contribution >= 0.6 is 0 Å². The molecule has 0 spiro atoms. The molecular formula is C16H21N3O4. The van der Waals surface area contributed by atoms with Crippen LogP contribution < -0.4 is 5.32 Å². The normalized spacial score (nSPS) is 16.6. The summed E-state index contributed by atoms with van der Waals surface area (Å²) in [6.45, 7) is 3.61. The summed E-state index contributed by atoms with van der Waals surface area (Å²) < 4.78 is 15.5. The molecule has 0 saturated carbocycles.